The number of thiophene rings is 1. The van der Waals surface area contributed by atoms with Crippen LogP contribution >= 0.6 is 34.5 Å². The number of amides is 5. The number of carbonyl (C=O) groups is 5. The quantitative estimate of drug-likeness (QED) is 0.0250. The van der Waals surface area contributed by atoms with Gasteiger partial charge in [-0.3, -0.25) is 24.0 Å². The third kappa shape index (κ3) is 23.7. The van der Waals surface area contributed by atoms with Gasteiger partial charge in [-0.05, 0) is 84.5 Å². The molecule has 5 aromatic rings. The zero-order valence-electron chi connectivity index (χ0n) is 52.7. The van der Waals surface area contributed by atoms with Crippen LogP contribution in [0, 0.1) is 17.5 Å². The molecule has 1 aromatic heterocycles. The van der Waals surface area contributed by atoms with Gasteiger partial charge in [0.25, 0.3) is 5.91 Å². The summed E-state index contributed by atoms with van der Waals surface area (Å²) < 4.78 is 92.3. The van der Waals surface area contributed by atoms with E-state index in [1.54, 1.807) is 18.2 Å². The molecule has 0 bridgehead atoms. The maximum Gasteiger partial charge on any atom is 0.272 e. The fraction of sp³-hybridized carbons (Fsp3) is 0.507. The topological polar surface area (TPSA) is 231 Å². The number of fused-ring (bicyclic) bond motifs is 1. The summed E-state index contributed by atoms with van der Waals surface area (Å²) in [5.41, 5.74) is 9.51. The molecular weight excluding hydrogens is 1290 g/mol. The van der Waals surface area contributed by atoms with Crippen LogP contribution in [0.1, 0.15) is 58.5 Å². The van der Waals surface area contributed by atoms with E-state index in [1.165, 1.54) is 34.0 Å². The summed E-state index contributed by atoms with van der Waals surface area (Å²) in [5.74, 6) is -4.33. The fourth-order valence-corrected chi connectivity index (χ4v) is 11.9. The van der Waals surface area contributed by atoms with Crippen molar-refractivity contribution in [2.75, 3.05) is 161 Å². The van der Waals surface area contributed by atoms with E-state index in [0.717, 1.165) is 29.5 Å². The Kier molecular flexibility index (Phi) is 30.9. The molecule has 512 valence electrons. The average Bonchev–Trinajstić information content (AvgIpc) is 1.49. The van der Waals surface area contributed by atoms with Gasteiger partial charge in [0.2, 0.25) is 23.6 Å². The Morgan fingerprint density at radius 3 is 1.78 bits per heavy atom. The van der Waals surface area contributed by atoms with Crippen LogP contribution in [0.2, 0.25) is 10.0 Å². The number of halogens is 5. The van der Waals surface area contributed by atoms with Crippen LogP contribution in [0.25, 0.3) is 0 Å². The van der Waals surface area contributed by atoms with E-state index in [1.807, 2.05) is 58.8 Å². The molecule has 3 aliphatic rings. The minimum atomic E-state index is -1.33. The van der Waals surface area contributed by atoms with E-state index in [9.17, 15) is 37.1 Å². The predicted octanol–water partition coefficient (Wildman–Crippen LogP) is 7.82. The summed E-state index contributed by atoms with van der Waals surface area (Å²) in [6.07, 6.45) is 2.99. The molecule has 0 radical (unpaired) electrons. The molecule has 94 heavy (non-hydrogen) atoms. The van der Waals surface area contributed by atoms with Crippen molar-refractivity contribution in [1.29, 1.82) is 0 Å². The maximum absolute atomic E-state index is 14.3. The van der Waals surface area contributed by atoms with Crippen molar-refractivity contribution in [2.24, 2.45) is 5.73 Å². The highest BCUT2D eigenvalue weighted by Crippen LogP contribution is 2.43. The molecule has 5 amide bonds. The Balaban J connectivity index is 0.557. The number of hydrogen-bond acceptors (Lipinski definition) is 17. The average molecular weight is 1370 g/mol. The van der Waals surface area contributed by atoms with Crippen LogP contribution in [0.15, 0.2) is 90.3 Å². The summed E-state index contributed by atoms with van der Waals surface area (Å²) in [7, 11) is 0. The number of para-hydroxylation sites is 2. The number of nitrogens with one attached hydrogen (secondary N) is 2. The molecule has 2 atom stereocenters. The van der Waals surface area contributed by atoms with Gasteiger partial charge in [0.05, 0.1) is 129 Å². The first-order valence-corrected chi connectivity index (χ1v) is 33.4. The van der Waals surface area contributed by atoms with Gasteiger partial charge in [-0.25, -0.2) is 13.2 Å². The zero-order chi connectivity index (χ0) is 66.4. The van der Waals surface area contributed by atoms with Crippen molar-refractivity contribution in [3.8, 4) is 11.5 Å². The lowest BCUT2D eigenvalue weighted by atomic mass is 10.00. The predicted molar refractivity (Wildman–Crippen MR) is 350 cm³/mol. The smallest absolute Gasteiger partial charge is 0.272 e. The number of nitrogens with zero attached hydrogens (tertiary/aromatic N) is 4. The highest BCUT2D eigenvalue weighted by Gasteiger charge is 2.38. The van der Waals surface area contributed by atoms with Crippen molar-refractivity contribution in [3.63, 3.8) is 0 Å². The molecule has 8 rings (SSSR count). The molecule has 1 saturated heterocycles. The van der Waals surface area contributed by atoms with E-state index in [4.69, 9.17) is 71.6 Å². The van der Waals surface area contributed by atoms with Gasteiger partial charge < -0.3 is 78.6 Å². The molecule has 4 N–H and O–H groups in total. The third-order valence-electron chi connectivity index (χ3n) is 15.5. The van der Waals surface area contributed by atoms with Gasteiger partial charge >= 0.3 is 0 Å². The van der Waals surface area contributed by atoms with Crippen molar-refractivity contribution in [1.82, 2.24) is 20.4 Å². The number of hydrogen-bond donors (Lipinski definition) is 3. The Bertz CT molecular complexity index is 3210. The van der Waals surface area contributed by atoms with E-state index in [2.05, 4.69) is 21.6 Å². The number of nitrogens with two attached hydrogens (primary N) is 1. The Hall–Kier alpha value is -6.46. The van der Waals surface area contributed by atoms with Gasteiger partial charge in [0, 0.05) is 87.8 Å². The minimum Gasteiger partial charge on any atom is -0.454 e. The van der Waals surface area contributed by atoms with Crippen molar-refractivity contribution >= 4 is 75.4 Å². The lowest BCUT2D eigenvalue weighted by Gasteiger charge is -2.37. The molecule has 1 unspecified atom stereocenters. The van der Waals surface area contributed by atoms with Crippen LogP contribution < -0.4 is 30.9 Å². The Morgan fingerprint density at radius 1 is 0.606 bits per heavy atom. The number of ether oxygens (including phenoxy) is 9. The molecule has 27 heteroatoms. The SMILES string of the molecule is N[C@@H](CC(=O)N1CCCN(CC(=O)NCCOCCOCCOCCOCCOCCOCCOCCOCCNC(=O)CCc2cc(Cl)c(Oc3ccsc3C(=O)N3CCN(C4CC4)c4ccccc43)cc2Cl)C(=O)C1Cc1ccccc1)Cc1cc(F)c(F)cc1F. The monoisotopic (exact) mass is 1370 g/mol. The lowest BCUT2D eigenvalue weighted by molar-refractivity contribution is -0.145. The van der Waals surface area contributed by atoms with Gasteiger partial charge in [0.1, 0.15) is 22.5 Å². The van der Waals surface area contributed by atoms with Gasteiger partial charge in [0.15, 0.2) is 17.4 Å². The van der Waals surface area contributed by atoms with E-state index in [0.29, 0.717) is 169 Å². The van der Waals surface area contributed by atoms with Crippen molar-refractivity contribution < 1.29 is 79.8 Å². The van der Waals surface area contributed by atoms with Crippen LogP contribution in [-0.2, 0) is 76.3 Å². The summed E-state index contributed by atoms with van der Waals surface area (Å²) in [6.45, 7) is 7.95. The lowest BCUT2D eigenvalue weighted by Crippen LogP contribution is -2.52. The highest BCUT2D eigenvalue weighted by atomic mass is 35.5. The van der Waals surface area contributed by atoms with Crippen molar-refractivity contribution in [2.45, 2.75) is 69.5 Å². The molecule has 0 spiro atoms. The molecule has 1 saturated carbocycles. The Morgan fingerprint density at radius 2 is 1.17 bits per heavy atom. The number of aryl methyl sites for hydroxylation is 1. The maximum atomic E-state index is 14.3. The van der Waals surface area contributed by atoms with E-state index in [-0.39, 0.29) is 81.8 Å². The van der Waals surface area contributed by atoms with Crippen LogP contribution in [-0.4, -0.2) is 209 Å². The number of anilines is 2. The number of carbonyl (C=O) groups excluding carboxylic acids is 5. The second-order valence-corrected chi connectivity index (χ2v) is 24.2. The summed E-state index contributed by atoms with van der Waals surface area (Å²) in [5, 5.41) is 8.16. The van der Waals surface area contributed by atoms with Gasteiger partial charge in [-0.1, -0.05) is 65.7 Å². The molecule has 2 aliphatic heterocycles. The summed E-state index contributed by atoms with van der Waals surface area (Å²) in [4.78, 5) is 74.8. The first-order valence-electron chi connectivity index (χ1n) is 31.8. The first kappa shape index (κ1) is 73.4. The van der Waals surface area contributed by atoms with Crippen LogP contribution in [0.4, 0.5) is 24.5 Å². The summed E-state index contributed by atoms with van der Waals surface area (Å²) >= 11 is 14.6. The minimum absolute atomic E-state index is 0.133. The highest BCUT2D eigenvalue weighted by molar-refractivity contribution is 7.12. The number of benzene rings is 4. The molecule has 3 heterocycles. The molecule has 4 aromatic carbocycles. The normalized spacial score (nSPS) is 15.3. The largest absolute Gasteiger partial charge is 0.454 e. The van der Waals surface area contributed by atoms with Gasteiger partial charge in [-0.2, -0.15) is 0 Å². The molecule has 1 aliphatic carbocycles. The van der Waals surface area contributed by atoms with Crippen LogP contribution in [0.3, 0.4) is 0 Å². The summed E-state index contributed by atoms with van der Waals surface area (Å²) in [6, 6.07) is 22.1. The van der Waals surface area contributed by atoms with Gasteiger partial charge in [-0.15, -0.1) is 11.3 Å². The third-order valence-corrected chi connectivity index (χ3v) is 17.1. The fourth-order valence-electron chi connectivity index (χ4n) is 10.7. The second kappa shape index (κ2) is 39.5. The van der Waals surface area contributed by atoms with Crippen LogP contribution in [0.5, 0.6) is 11.5 Å². The van der Waals surface area contributed by atoms with E-state index < -0.39 is 41.3 Å². The first-order chi connectivity index (χ1) is 45.7. The molecule has 2 fully saturated rings. The van der Waals surface area contributed by atoms with Crippen molar-refractivity contribution in [3.05, 3.63) is 139 Å². The van der Waals surface area contributed by atoms with E-state index >= 15 is 0 Å². The number of rotatable bonds is 42. The zero-order valence-corrected chi connectivity index (χ0v) is 55.0. The Labute approximate surface area is 560 Å². The molecule has 21 nitrogen and oxygen atoms in total. The standard InChI is InChI=1S/C67H84Cl2F3N7O14S/c68-52-44-61(93-60-15-38-94-65(60)67(84)79-21-20-77(51-12-13-51)57-9-4-5-10-58(57)79)53(69)41-48(52)11-14-62(80)74-16-22-85-24-26-87-28-30-89-32-34-91-36-37-92-35-33-90-31-29-88-27-25-86-23-17-75-63(81)46-76-18-6-19-78(59(66(76)83)39-47-7-2-1-3-8-47)64(82)43-50(73)40-49-42-55(71)56(72)45-54(49)70/h1-5,7-10,15,38,41-42,44-45,50-51,59H,6,11-14,16-37,39-40,43,46,73H2,(H,74,80)(H,75,81)/t50-,59?/m1/s1. The second-order valence-electron chi connectivity index (χ2n) is 22.5. The molecular formula is C67H84Cl2F3N7O14S.